The Morgan fingerprint density at radius 3 is 2.52 bits per heavy atom. The minimum Gasteiger partial charge on any atom is -0.497 e. The second-order valence-corrected chi connectivity index (χ2v) is 6.24. The van der Waals surface area contributed by atoms with Gasteiger partial charge in [0.25, 0.3) is 0 Å². The maximum Gasteiger partial charge on any atom is 0.238 e. The van der Waals surface area contributed by atoms with E-state index >= 15 is 0 Å². The quantitative estimate of drug-likeness (QED) is 0.763. The molecule has 0 aliphatic rings. The van der Waals surface area contributed by atoms with E-state index in [-0.39, 0.29) is 24.9 Å². The van der Waals surface area contributed by atoms with E-state index in [1.54, 1.807) is 49.4 Å². The first-order chi connectivity index (χ1) is 12.9. The second-order valence-electron chi connectivity index (χ2n) is 5.80. The summed E-state index contributed by atoms with van der Waals surface area (Å²) in [6.45, 7) is -0.00576. The van der Waals surface area contributed by atoms with Gasteiger partial charge in [0.1, 0.15) is 11.8 Å². The highest BCUT2D eigenvalue weighted by atomic mass is 35.5. The number of hydrogen-bond donors (Lipinski definition) is 2. The Morgan fingerprint density at radius 1 is 1.15 bits per heavy atom. The highest BCUT2D eigenvalue weighted by Crippen LogP contribution is 2.20. The Bertz CT molecular complexity index is 879. The van der Waals surface area contributed by atoms with Crippen LogP contribution >= 0.6 is 11.6 Å². The molecule has 2 N–H and O–H groups in total. The predicted octanol–water partition coefficient (Wildman–Crippen LogP) is 2.73. The van der Waals surface area contributed by atoms with Crippen LogP contribution in [0.3, 0.4) is 0 Å². The lowest BCUT2D eigenvalue weighted by Crippen LogP contribution is -2.36. The van der Waals surface area contributed by atoms with Crippen LogP contribution < -0.4 is 15.4 Å². The molecule has 0 bridgehead atoms. The zero-order valence-corrected chi connectivity index (χ0v) is 15.7. The Morgan fingerprint density at radius 2 is 1.85 bits per heavy atom. The summed E-state index contributed by atoms with van der Waals surface area (Å²) < 4.78 is 5.11. The van der Waals surface area contributed by atoms with Crippen LogP contribution in [0.2, 0.25) is 5.02 Å². The fourth-order valence-electron chi connectivity index (χ4n) is 2.35. The van der Waals surface area contributed by atoms with Crippen molar-refractivity contribution in [3.05, 3.63) is 53.1 Å². The van der Waals surface area contributed by atoms with E-state index in [0.29, 0.717) is 27.7 Å². The highest BCUT2D eigenvalue weighted by molar-refractivity contribution is 6.31. The molecule has 0 radical (unpaired) electrons. The number of methoxy groups -OCH3 is 1. The third-order valence-corrected chi connectivity index (χ3v) is 3.79. The monoisotopic (exact) mass is 386 g/mol. The van der Waals surface area contributed by atoms with Crippen molar-refractivity contribution in [3.63, 3.8) is 0 Å². The maximum absolute atomic E-state index is 12.2. The molecular weight excluding hydrogens is 368 g/mol. The zero-order valence-electron chi connectivity index (χ0n) is 15.0. The fourth-order valence-corrected chi connectivity index (χ4v) is 2.53. The number of rotatable bonds is 7. The fraction of sp³-hybridized carbons (Fsp3) is 0.211. The van der Waals surface area contributed by atoms with Gasteiger partial charge in [-0.05, 0) is 37.4 Å². The largest absolute Gasteiger partial charge is 0.497 e. The van der Waals surface area contributed by atoms with E-state index < -0.39 is 0 Å². The normalized spacial score (nSPS) is 10.2. The van der Waals surface area contributed by atoms with Gasteiger partial charge in [0.2, 0.25) is 11.8 Å². The molecule has 7 nitrogen and oxygen atoms in total. The van der Waals surface area contributed by atoms with Crippen molar-refractivity contribution in [2.24, 2.45) is 0 Å². The molecule has 2 rings (SSSR count). The van der Waals surface area contributed by atoms with E-state index in [1.165, 1.54) is 12.1 Å². The molecular formula is C19H19ClN4O3. The summed E-state index contributed by atoms with van der Waals surface area (Å²) in [5.74, 6) is 0.0137. The number of likely N-dealkylation sites (N-methyl/N-ethyl adjacent to an activating group) is 1. The molecule has 0 fully saturated rings. The lowest BCUT2D eigenvalue weighted by Gasteiger charge is -2.16. The lowest BCUT2D eigenvalue weighted by atomic mass is 10.2. The molecule has 0 aliphatic heterocycles. The summed E-state index contributed by atoms with van der Waals surface area (Å²) in [6, 6.07) is 13.6. The highest BCUT2D eigenvalue weighted by Gasteiger charge is 2.13. The summed E-state index contributed by atoms with van der Waals surface area (Å²) in [5, 5.41) is 14.9. The Kier molecular flexibility index (Phi) is 7.17. The van der Waals surface area contributed by atoms with Crippen molar-refractivity contribution in [2.45, 2.75) is 0 Å². The first kappa shape index (κ1) is 20.2. The number of amides is 2. The molecule has 27 heavy (non-hydrogen) atoms. The van der Waals surface area contributed by atoms with Gasteiger partial charge in [-0.2, -0.15) is 5.26 Å². The molecule has 140 valence electrons. The van der Waals surface area contributed by atoms with Crippen molar-refractivity contribution in [3.8, 4) is 11.8 Å². The molecule has 0 unspecified atom stereocenters. The van der Waals surface area contributed by atoms with Crippen LogP contribution in [-0.4, -0.2) is 44.0 Å². The molecule has 0 aromatic heterocycles. The van der Waals surface area contributed by atoms with Gasteiger partial charge in [-0.3, -0.25) is 14.5 Å². The van der Waals surface area contributed by atoms with Crippen LogP contribution in [0.15, 0.2) is 42.5 Å². The number of carbonyl (C=O) groups is 2. The van der Waals surface area contributed by atoms with Gasteiger partial charge in [-0.1, -0.05) is 17.7 Å². The standard InChI is InChI=1S/C19H19ClN4O3/c1-24(11-18(25)22-15-4-3-5-16(9-15)27-2)12-19(26)23-17-8-14(20)7-6-13(17)10-21/h3-9H,11-12H2,1-2H3,(H,22,25)(H,23,26). The van der Waals surface area contributed by atoms with E-state index in [9.17, 15) is 9.59 Å². The molecule has 0 spiro atoms. The predicted molar refractivity (Wildman–Crippen MR) is 104 cm³/mol. The van der Waals surface area contributed by atoms with Crippen molar-refractivity contribution in [2.75, 3.05) is 37.9 Å². The third-order valence-electron chi connectivity index (χ3n) is 3.56. The number of ether oxygens (including phenoxy) is 1. The maximum atomic E-state index is 12.2. The van der Waals surface area contributed by atoms with Gasteiger partial charge in [0, 0.05) is 16.8 Å². The van der Waals surface area contributed by atoms with E-state index in [1.807, 2.05) is 6.07 Å². The minimum atomic E-state index is -0.356. The van der Waals surface area contributed by atoms with Crippen LogP contribution in [0.1, 0.15) is 5.56 Å². The van der Waals surface area contributed by atoms with Gasteiger partial charge < -0.3 is 15.4 Å². The van der Waals surface area contributed by atoms with E-state index in [0.717, 1.165) is 0 Å². The summed E-state index contributed by atoms with van der Waals surface area (Å²) in [5.41, 5.74) is 1.25. The first-order valence-electron chi connectivity index (χ1n) is 8.03. The average Bonchev–Trinajstić information content (AvgIpc) is 2.61. The van der Waals surface area contributed by atoms with Gasteiger partial charge in [-0.25, -0.2) is 0 Å². The molecule has 8 heteroatoms. The minimum absolute atomic E-state index is 0.0191. The molecule has 0 aliphatic carbocycles. The zero-order chi connectivity index (χ0) is 19.8. The van der Waals surface area contributed by atoms with Crippen molar-refractivity contribution < 1.29 is 14.3 Å². The number of nitriles is 1. The van der Waals surface area contributed by atoms with Crippen molar-refractivity contribution in [1.29, 1.82) is 5.26 Å². The Balaban J connectivity index is 1.88. The molecule has 2 aromatic carbocycles. The lowest BCUT2D eigenvalue weighted by molar-refractivity contribution is -0.119. The number of hydrogen-bond acceptors (Lipinski definition) is 5. The van der Waals surface area contributed by atoms with Crippen LogP contribution in [0.4, 0.5) is 11.4 Å². The van der Waals surface area contributed by atoms with Crippen LogP contribution in [0.5, 0.6) is 5.75 Å². The number of anilines is 2. The summed E-state index contributed by atoms with van der Waals surface area (Å²) in [7, 11) is 3.19. The molecule has 0 saturated carbocycles. The number of halogens is 1. The summed E-state index contributed by atoms with van der Waals surface area (Å²) in [6.07, 6.45) is 0. The second kappa shape index (κ2) is 9.57. The smallest absolute Gasteiger partial charge is 0.238 e. The van der Waals surface area contributed by atoms with Crippen LogP contribution in [-0.2, 0) is 9.59 Å². The summed E-state index contributed by atoms with van der Waals surface area (Å²) in [4.78, 5) is 25.9. The Hall–Kier alpha value is -3.08. The van der Waals surface area contributed by atoms with E-state index in [4.69, 9.17) is 21.6 Å². The van der Waals surface area contributed by atoms with Crippen molar-refractivity contribution >= 4 is 34.8 Å². The third kappa shape index (κ3) is 6.29. The average molecular weight is 387 g/mol. The molecule has 0 saturated heterocycles. The number of nitrogens with zero attached hydrogens (tertiary/aromatic N) is 2. The SMILES string of the molecule is COc1cccc(NC(=O)CN(C)CC(=O)Nc2cc(Cl)ccc2C#N)c1. The van der Waals surface area contributed by atoms with Crippen LogP contribution in [0, 0.1) is 11.3 Å². The van der Waals surface area contributed by atoms with Gasteiger partial charge >= 0.3 is 0 Å². The Labute approximate surface area is 162 Å². The number of carbonyl (C=O) groups excluding carboxylic acids is 2. The topological polar surface area (TPSA) is 94.5 Å². The molecule has 2 amide bonds. The number of nitrogens with one attached hydrogen (secondary N) is 2. The summed E-state index contributed by atoms with van der Waals surface area (Å²) >= 11 is 5.90. The number of benzene rings is 2. The van der Waals surface area contributed by atoms with Crippen LogP contribution in [0.25, 0.3) is 0 Å². The molecule has 2 aromatic rings. The first-order valence-corrected chi connectivity index (χ1v) is 8.41. The molecule has 0 atom stereocenters. The van der Waals surface area contributed by atoms with Gasteiger partial charge in [0.15, 0.2) is 0 Å². The van der Waals surface area contributed by atoms with Crippen molar-refractivity contribution in [1.82, 2.24) is 4.90 Å². The van der Waals surface area contributed by atoms with E-state index in [2.05, 4.69) is 10.6 Å². The van der Waals surface area contributed by atoms with Gasteiger partial charge in [-0.15, -0.1) is 0 Å². The molecule has 0 heterocycles. The van der Waals surface area contributed by atoms with Gasteiger partial charge in [0.05, 0.1) is 31.5 Å².